The van der Waals surface area contributed by atoms with E-state index in [2.05, 4.69) is 44.2 Å². The highest BCUT2D eigenvalue weighted by Gasteiger charge is 2.36. The SMILES string of the molecule is CC(C)(C)[Si](C)(C)OCCNC(=S)n1ccnc1. The lowest BCUT2D eigenvalue weighted by atomic mass is 10.2. The average molecular weight is 285 g/mol. The van der Waals surface area contributed by atoms with E-state index in [1.54, 1.807) is 17.1 Å². The lowest BCUT2D eigenvalue weighted by molar-refractivity contribution is 0.292. The molecule has 0 spiro atoms. The Morgan fingerprint density at radius 3 is 2.61 bits per heavy atom. The summed E-state index contributed by atoms with van der Waals surface area (Å²) in [5.41, 5.74) is 0. The van der Waals surface area contributed by atoms with E-state index in [0.717, 1.165) is 6.54 Å². The number of hydrogen-bond donors (Lipinski definition) is 1. The Kier molecular flexibility index (Phi) is 5.07. The zero-order chi connectivity index (χ0) is 13.8. The first kappa shape index (κ1) is 15.3. The van der Waals surface area contributed by atoms with E-state index in [0.29, 0.717) is 11.7 Å². The summed E-state index contributed by atoms with van der Waals surface area (Å²) in [6.45, 7) is 12.6. The van der Waals surface area contributed by atoms with Crippen molar-refractivity contribution in [1.29, 1.82) is 0 Å². The monoisotopic (exact) mass is 285 g/mol. The maximum Gasteiger partial charge on any atom is 0.192 e. The van der Waals surface area contributed by atoms with Crippen molar-refractivity contribution >= 4 is 25.6 Å². The predicted octanol–water partition coefficient (Wildman–Crippen LogP) is 2.63. The van der Waals surface area contributed by atoms with Crippen LogP contribution in [0.5, 0.6) is 0 Å². The van der Waals surface area contributed by atoms with Crippen molar-refractivity contribution in [3.8, 4) is 0 Å². The number of thiocarbonyl (C=S) groups is 1. The Bertz CT molecular complexity index is 385. The topological polar surface area (TPSA) is 39.1 Å². The molecule has 6 heteroatoms. The molecule has 0 bridgehead atoms. The molecule has 1 heterocycles. The summed E-state index contributed by atoms with van der Waals surface area (Å²) in [5.74, 6) is 0. The van der Waals surface area contributed by atoms with Gasteiger partial charge in [0, 0.05) is 18.9 Å². The van der Waals surface area contributed by atoms with Crippen molar-refractivity contribution in [3.63, 3.8) is 0 Å². The summed E-state index contributed by atoms with van der Waals surface area (Å²) in [6, 6.07) is 0. The Morgan fingerprint density at radius 2 is 2.11 bits per heavy atom. The van der Waals surface area contributed by atoms with E-state index >= 15 is 0 Å². The number of nitrogens with one attached hydrogen (secondary N) is 1. The van der Waals surface area contributed by atoms with Gasteiger partial charge in [0.25, 0.3) is 0 Å². The second kappa shape index (κ2) is 5.95. The minimum Gasteiger partial charge on any atom is -0.415 e. The highest BCUT2D eigenvalue weighted by Crippen LogP contribution is 2.36. The smallest absolute Gasteiger partial charge is 0.192 e. The second-order valence-corrected chi connectivity index (χ2v) is 11.0. The molecule has 0 aromatic carbocycles. The first-order valence-corrected chi connectivity index (χ1v) is 9.46. The summed E-state index contributed by atoms with van der Waals surface area (Å²) in [7, 11) is -1.65. The van der Waals surface area contributed by atoms with Gasteiger partial charge in [0.2, 0.25) is 0 Å². The van der Waals surface area contributed by atoms with Gasteiger partial charge in [-0.2, -0.15) is 0 Å². The van der Waals surface area contributed by atoms with Crippen LogP contribution in [0.15, 0.2) is 18.7 Å². The summed E-state index contributed by atoms with van der Waals surface area (Å²) in [6.07, 6.45) is 5.22. The number of rotatable bonds is 4. The van der Waals surface area contributed by atoms with Crippen LogP contribution in [0.2, 0.25) is 18.1 Å². The van der Waals surface area contributed by atoms with Crippen molar-refractivity contribution < 1.29 is 4.43 Å². The van der Waals surface area contributed by atoms with Gasteiger partial charge in [-0.15, -0.1) is 0 Å². The van der Waals surface area contributed by atoms with Crippen molar-refractivity contribution in [2.45, 2.75) is 38.9 Å². The van der Waals surface area contributed by atoms with Crippen molar-refractivity contribution in [2.24, 2.45) is 0 Å². The summed E-state index contributed by atoms with van der Waals surface area (Å²) < 4.78 is 7.83. The van der Waals surface area contributed by atoms with Crippen LogP contribution in [0.4, 0.5) is 0 Å². The molecule has 0 aliphatic heterocycles. The molecule has 0 atom stereocenters. The molecule has 0 saturated carbocycles. The summed E-state index contributed by atoms with van der Waals surface area (Å²) in [5, 5.41) is 4.07. The van der Waals surface area contributed by atoms with Gasteiger partial charge in [-0.3, -0.25) is 4.57 Å². The highest BCUT2D eigenvalue weighted by atomic mass is 32.1. The Balaban J connectivity index is 2.29. The molecule has 1 N–H and O–H groups in total. The molecule has 0 saturated heterocycles. The molecule has 1 aromatic heterocycles. The highest BCUT2D eigenvalue weighted by molar-refractivity contribution is 7.80. The van der Waals surface area contributed by atoms with Crippen molar-refractivity contribution in [1.82, 2.24) is 14.9 Å². The Labute approximate surface area is 116 Å². The van der Waals surface area contributed by atoms with Gasteiger partial charge >= 0.3 is 0 Å². The number of nitrogens with zero attached hydrogens (tertiary/aromatic N) is 2. The molecular formula is C12H23N3OSSi. The third-order valence-electron chi connectivity index (χ3n) is 3.39. The van der Waals surface area contributed by atoms with Gasteiger partial charge in [-0.1, -0.05) is 20.8 Å². The standard InChI is InChI=1S/C12H23N3OSSi/c1-12(2,3)18(4,5)16-9-7-14-11(17)15-8-6-13-10-15/h6,8,10H,7,9H2,1-5H3,(H,14,17). The number of aromatic nitrogens is 2. The van der Waals surface area contributed by atoms with E-state index in [1.807, 2.05) is 6.20 Å². The second-order valence-electron chi connectivity index (χ2n) is 5.81. The maximum absolute atomic E-state index is 6.05. The summed E-state index contributed by atoms with van der Waals surface area (Å²) in [4.78, 5) is 3.95. The molecular weight excluding hydrogens is 262 g/mol. The summed E-state index contributed by atoms with van der Waals surface area (Å²) >= 11 is 5.22. The molecule has 1 rings (SSSR count). The van der Waals surface area contributed by atoms with E-state index in [4.69, 9.17) is 16.6 Å². The molecule has 0 amide bonds. The van der Waals surface area contributed by atoms with Crippen LogP contribution >= 0.6 is 12.2 Å². The Hall–Kier alpha value is -0.723. The molecule has 0 fully saturated rings. The molecule has 0 aliphatic carbocycles. The lowest BCUT2D eigenvalue weighted by Gasteiger charge is -2.36. The van der Waals surface area contributed by atoms with E-state index in [-0.39, 0.29) is 5.04 Å². The normalized spacial score (nSPS) is 12.5. The van der Waals surface area contributed by atoms with Crippen LogP contribution in [-0.2, 0) is 4.43 Å². The Morgan fingerprint density at radius 1 is 1.44 bits per heavy atom. The van der Waals surface area contributed by atoms with Crippen LogP contribution in [0.1, 0.15) is 20.8 Å². The van der Waals surface area contributed by atoms with Gasteiger partial charge in [0.05, 0.1) is 6.61 Å². The van der Waals surface area contributed by atoms with Crippen LogP contribution < -0.4 is 5.32 Å². The van der Waals surface area contributed by atoms with Gasteiger partial charge in [-0.25, -0.2) is 4.98 Å². The van der Waals surface area contributed by atoms with Crippen molar-refractivity contribution in [2.75, 3.05) is 13.2 Å². The third kappa shape index (κ3) is 4.19. The predicted molar refractivity (Wildman–Crippen MR) is 81.4 cm³/mol. The van der Waals surface area contributed by atoms with Gasteiger partial charge in [-0.05, 0) is 30.4 Å². The minimum absolute atomic E-state index is 0.248. The van der Waals surface area contributed by atoms with Crippen molar-refractivity contribution in [3.05, 3.63) is 18.7 Å². The van der Waals surface area contributed by atoms with Crippen LogP contribution in [0.3, 0.4) is 0 Å². The third-order valence-corrected chi connectivity index (χ3v) is 8.28. The van der Waals surface area contributed by atoms with E-state index in [1.165, 1.54) is 0 Å². The van der Waals surface area contributed by atoms with E-state index in [9.17, 15) is 0 Å². The molecule has 102 valence electrons. The fourth-order valence-electron chi connectivity index (χ4n) is 1.15. The van der Waals surface area contributed by atoms with Crippen LogP contribution in [0, 0.1) is 0 Å². The van der Waals surface area contributed by atoms with Gasteiger partial charge < -0.3 is 9.74 Å². The lowest BCUT2D eigenvalue weighted by Crippen LogP contribution is -2.43. The molecule has 0 aliphatic rings. The number of hydrogen-bond acceptors (Lipinski definition) is 3. The molecule has 0 radical (unpaired) electrons. The quantitative estimate of drug-likeness (QED) is 0.524. The molecule has 18 heavy (non-hydrogen) atoms. The number of imidazole rings is 1. The first-order chi connectivity index (χ1) is 8.24. The molecule has 0 unspecified atom stereocenters. The van der Waals surface area contributed by atoms with E-state index < -0.39 is 8.32 Å². The zero-order valence-corrected chi connectivity index (χ0v) is 13.7. The average Bonchev–Trinajstić information content (AvgIpc) is 2.75. The van der Waals surface area contributed by atoms with Gasteiger partial charge in [0.1, 0.15) is 6.33 Å². The minimum atomic E-state index is -1.65. The van der Waals surface area contributed by atoms with Crippen LogP contribution in [0.25, 0.3) is 0 Å². The first-order valence-electron chi connectivity index (χ1n) is 6.14. The molecule has 4 nitrogen and oxygen atoms in total. The largest absolute Gasteiger partial charge is 0.415 e. The molecule has 1 aromatic rings. The maximum atomic E-state index is 6.05. The fourth-order valence-corrected chi connectivity index (χ4v) is 2.41. The van der Waals surface area contributed by atoms with Gasteiger partial charge in [0.15, 0.2) is 13.4 Å². The van der Waals surface area contributed by atoms with Crippen LogP contribution in [-0.4, -0.2) is 36.1 Å². The zero-order valence-electron chi connectivity index (χ0n) is 11.9. The fraction of sp³-hybridized carbons (Fsp3) is 0.667.